The lowest BCUT2D eigenvalue weighted by Crippen LogP contribution is -2.43. The minimum absolute atomic E-state index is 0.135. The van der Waals surface area contributed by atoms with E-state index >= 15 is 0 Å². The fourth-order valence-corrected chi connectivity index (χ4v) is 3.51. The highest BCUT2D eigenvalue weighted by Crippen LogP contribution is 2.38. The maximum absolute atomic E-state index is 14.1. The molecule has 2 N–H and O–H groups in total. The van der Waals surface area contributed by atoms with Gasteiger partial charge in [-0.2, -0.15) is 0 Å². The first-order valence-electron chi connectivity index (χ1n) is 9.01. The van der Waals surface area contributed by atoms with Crippen LogP contribution < -0.4 is 5.73 Å². The van der Waals surface area contributed by atoms with E-state index in [1.165, 1.54) is 41.3 Å². The number of halogens is 2. The fourth-order valence-electron chi connectivity index (χ4n) is 3.51. The summed E-state index contributed by atoms with van der Waals surface area (Å²) in [5, 5.41) is 0. The number of amidine groups is 1. The number of nitrogens with zero attached hydrogens (tertiary/aromatic N) is 2. The molecule has 2 aromatic rings. The standard InChI is InChI=1S/C21H21F2N3O2/c1-3-10-21(14-4-6-15(22)7-5-14)20(28)26(13(2)25-21)12-19(27)17-9-8-16(24)11-18(17)23/h4-9,11H,3,10,12,24H2,1-2H3. The third-order valence-corrected chi connectivity index (χ3v) is 4.87. The van der Waals surface area contributed by atoms with Crippen molar-refractivity contribution in [2.75, 3.05) is 12.3 Å². The van der Waals surface area contributed by atoms with Gasteiger partial charge < -0.3 is 5.73 Å². The van der Waals surface area contributed by atoms with Crippen LogP contribution in [0.4, 0.5) is 14.5 Å². The Hall–Kier alpha value is -3.09. The number of anilines is 1. The SMILES string of the molecule is CCCC1(c2ccc(F)cc2)N=C(C)N(CC(=O)c2ccc(N)cc2F)C1=O. The lowest BCUT2D eigenvalue weighted by molar-refractivity contribution is -0.131. The molecule has 0 saturated heterocycles. The average Bonchev–Trinajstić information content (AvgIpc) is 2.87. The highest BCUT2D eigenvalue weighted by Gasteiger charge is 2.48. The number of benzene rings is 2. The first kappa shape index (κ1) is 19.7. The number of carbonyl (C=O) groups excluding carboxylic acids is 2. The summed E-state index contributed by atoms with van der Waals surface area (Å²) in [4.78, 5) is 31.7. The molecule has 0 bridgehead atoms. The molecule has 146 valence electrons. The Labute approximate surface area is 161 Å². The summed E-state index contributed by atoms with van der Waals surface area (Å²) in [6, 6.07) is 9.43. The molecule has 1 unspecified atom stereocenters. The number of ketones is 1. The van der Waals surface area contributed by atoms with Crippen LogP contribution >= 0.6 is 0 Å². The van der Waals surface area contributed by atoms with Gasteiger partial charge in [-0.15, -0.1) is 0 Å². The van der Waals surface area contributed by atoms with Crippen LogP contribution in [0.1, 0.15) is 42.6 Å². The van der Waals surface area contributed by atoms with E-state index in [4.69, 9.17) is 5.73 Å². The Balaban J connectivity index is 1.92. The van der Waals surface area contributed by atoms with E-state index in [1.54, 1.807) is 6.92 Å². The quantitative estimate of drug-likeness (QED) is 0.609. The van der Waals surface area contributed by atoms with Gasteiger partial charge in [0.05, 0.1) is 12.1 Å². The largest absolute Gasteiger partial charge is 0.399 e. The molecule has 1 amide bonds. The highest BCUT2D eigenvalue weighted by atomic mass is 19.1. The topological polar surface area (TPSA) is 75.8 Å². The molecule has 28 heavy (non-hydrogen) atoms. The molecule has 0 spiro atoms. The molecule has 1 heterocycles. The smallest absolute Gasteiger partial charge is 0.260 e. The number of nitrogens with two attached hydrogens (primary N) is 1. The second kappa shape index (κ2) is 7.50. The summed E-state index contributed by atoms with van der Waals surface area (Å²) in [6.45, 7) is 3.22. The molecule has 0 aliphatic carbocycles. The van der Waals surface area contributed by atoms with Gasteiger partial charge in [-0.3, -0.25) is 19.5 Å². The molecule has 2 aromatic carbocycles. The van der Waals surface area contributed by atoms with Crippen molar-refractivity contribution in [3.05, 3.63) is 65.2 Å². The molecule has 1 aliphatic heterocycles. The molecule has 0 fully saturated rings. The van der Waals surface area contributed by atoms with Crippen LogP contribution in [0.25, 0.3) is 0 Å². The van der Waals surface area contributed by atoms with Gasteiger partial charge in [0.2, 0.25) is 0 Å². The van der Waals surface area contributed by atoms with Crippen molar-refractivity contribution in [3.8, 4) is 0 Å². The lowest BCUT2D eigenvalue weighted by Gasteiger charge is -2.26. The zero-order chi connectivity index (χ0) is 20.5. The van der Waals surface area contributed by atoms with E-state index in [9.17, 15) is 18.4 Å². The van der Waals surface area contributed by atoms with E-state index in [0.29, 0.717) is 24.2 Å². The molecule has 0 aromatic heterocycles. The summed E-state index contributed by atoms with van der Waals surface area (Å²) < 4.78 is 27.4. The normalized spacial score (nSPS) is 19.1. The van der Waals surface area contributed by atoms with Crippen molar-refractivity contribution in [2.45, 2.75) is 32.2 Å². The first-order chi connectivity index (χ1) is 13.3. The van der Waals surface area contributed by atoms with Crippen LogP contribution in [0.5, 0.6) is 0 Å². The molecule has 5 nitrogen and oxygen atoms in total. The highest BCUT2D eigenvalue weighted by molar-refractivity contribution is 6.11. The number of aliphatic imine (C=N–C) groups is 1. The van der Waals surface area contributed by atoms with Crippen molar-refractivity contribution >= 4 is 23.2 Å². The van der Waals surface area contributed by atoms with Crippen LogP contribution in [0.15, 0.2) is 47.5 Å². The summed E-state index contributed by atoms with van der Waals surface area (Å²) in [5.41, 5.74) is 4.96. The Morgan fingerprint density at radius 1 is 1.18 bits per heavy atom. The third-order valence-electron chi connectivity index (χ3n) is 4.87. The average molecular weight is 385 g/mol. The Bertz CT molecular complexity index is 957. The molecule has 1 atom stereocenters. The fraction of sp³-hybridized carbons (Fsp3) is 0.286. The Morgan fingerprint density at radius 3 is 2.46 bits per heavy atom. The van der Waals surface area contributed by atoms with E-state index in [0.717, 1.165) is 6.07 Å². The number of nitrogen functional groups attached to an aromatic ring is 1. The van der Waals surface area contributed by atoms with Crippen LogP contribution in [-0.4, -0.2) is 29.0 Å². The zero-order valence-electron chi connectivity index (χ0n) is 15.7. The van der Waals surface area contributed by atoms with Gasteiger partial charge in [0.25, 0.3) is 5.91 Å². The van der Waals surface area contributed by atoms with Gasteiger partial charge in [-0.25, -0.2) is 8.78 Å². The van der Waals surface area contributed by atoms with Crippen molar-refractivity contribution in [1.82, 2.24) is 4.90 Å². The van der Waals surface area contributed by atoms with Crippen LogP contribution in [0.2, 0.25) is 0 Å². The van der Waals surface area contributed by atoms with E-state index in [1.807, 2.05) is 6.92 Å². The minimum Gasteiger partial charge on any atom is -0.399 e. The van der Waals surface area contributed by atoms with Crippen LogP contribution in [0, 0.1) is 11.6 Å². The Morgan fingerprint density at radius 2 is 1.86 bits per heavy atom. The molecule has 7 heteroatoms. The second-order valence-corrected chi connectivity index (χ2v) is 6.83. The molecular weight excluding hydrogens is 364 g/mol. The maximum Gasteiger partial charge on any atom is 0.260 e. The van der Waals surface area contributed by atoms with E-state index in [2.05, 4.69) is 4.99 Å². The second-order valence-electron chi connectivity index (χ2n) is 6.83. The number of carbonyl (C=O) groups is 2. The van der Waals surface area contributed by atoms with Crippen molar-refractivity contribution < 1.29 is 18.4 Å². The lowest BCUT2D eigenvalue weighted by atomic mass is 9.85. The Kier molecular flexibility index (Phi) is 5.27. The number of rotatable bonds is 6. The van der Waals surface area contributed by atoms with E-state index in [-0.39, 0.29) is 23.7 Å². The predicted octanol–water partition coefficient (Wildman–Crippen LogP) is 3.69. The minimum atomic E-state index is -1.20. The molecule has 0 radical (unpaired) electrons. The third kappa shape index (κ3) is 3.40. The summed E-state index contributed by atoms with van der Waals surface area (Å²) in [6.07, 6.45) is 1.07. The van der Waals surface area contributed by atoms with Gasteiger partial charge >= 0.3 is 0 Å². The predicted molar refractivity (Wildman–Crippen MR) is 103 cm³/mol. The van der Waals surface area contributed by atoms with Gasteiger partial charge in [-0.1, -0.05) is 25.5 Å². The van der Waals surface area contributed by atoms with Crippen molar-refractivity contribution in [2.24, 2.45) is 4.99 Å². The summed E-state index contributed by atoms with van der Waals surface area (Å²) >= 11 is 0. The van der Waals surface area contributed by atoms with Gasteiger partial charge in [0.1, 0.15) is 17.5 Å². The van der Waals surface area contributed by atoms with Crippen LogP contribution in [-0.2, 0) is 10.3 Å². The monoisotopic (exact) mass is 385 g/mol. The zero-order valence-corrected chi connectivity index (χ0v) is 15.7. The summed E-state index contributed by atoms with van der Waals surface area (Å²) in [5.74, 6) is -1.70. The number of hydrogen-bond donors (Lipinski definition) is 1. The summed E-state index contributed by atoms with van der Waals surface area (Å²) in [7, 11) is 0. The number of hydrogen-bond acceptors (Lipinski definition) is 4. The van der Waals surface area contributed by atoms with E-state index < -0.39 is 23.0 Å². The molecule has 1 aliphatic rings. The van der Waals surface area contributed by atoms with Gasteiger partial charge in [0, 0.05) is 5.69 Å². The maximum atomic E-state index is 14.1. The van der Waals surface area contributed by atoms with Gasteiger partial charge in [0.15, 0.2) is 11.3 Å². The van der Waals surface area contributed by atoms with Crippen molar-refractivity contribution in [1.29, 1.82) is 0 Å². The first-order valence-corrected chi connectivity index (χ1v) is 9.01. The molecular formula is C21H21F2N3O2. The molecule has 3 rings (SSSR count). The number of amides is 1. The van der Waals surface area contributed by atoms with Crippen molar-refractivity contribution in [3.63, 3.8) is 0 Å². The van der Waals surface area contributed by atoms with Crippen LogP contribution in [0.3, 0.4) is 0 Å². The molecule has 0 saturated carbocycles. The number of Topliss-reactive ketones (excluding diaryl/α,β-unsaturated/α-hetero) is 1. The van der Waals surface area contributed by atoms with Gasteiger partial charge in [-0.05, 0) is 49.2 Å².